The molecule has 5 heteroatoms. The van der Waals surface area contributed by atoms with Crippen LogP contribution in [0.1, 0.15) is 40.8 Å². The SMILES string of the molecule is Cc1cc(C)c(NC(=O)[C@H](C)n2nc(-c3ccc(C)c(C)c3)ccc2=O)c(C)c1. The van der Waals surface area contributed by atoms with Crippen molar-refractivity contribution in [3.8, 4) is 11.3 Å². The van der Waals surface area contributed by atoms with Gasteiger partial charge >= 0.3 is 0 Å². The summed E-state index contributed by atoms with van der Waals surface area (Å²) < 4.78 is 1.25. The Bertz CT molecular complexity index is 1120. The number of carbonyl (C=O) groups is 1. The van der Waals surface area contributed by atoms with E-state index in [9.17, 15) is 9.59 Å². The first-order valence-electron chi connectivity index (χ1n) is 9.73. The van der Waals surface area contributed by atoms with Crippen LogP contribution in [-0.2, 0) is 4.79 Å². The molecule has 150 valence electrons. The second kappa shape index (κ2) is 8.03. The smallest absolute Gasteiger partial charge is 0.267 e. The molecule has 29 heavy (non-hydrogen) atoms. The van der Waals surface area contributed by atoms with Crippen molar-refractivity contribution < 1.29 is 4.79 Å². The van der Waals surface area contributed by atoms with Crippen LogP contribution in [0, 0.1) is 34.6 Å². The molecule has 5 nitrogen and oxygen atoms in total. The molecular weight excluding hydrogens is 362 g/mol. The maximum atomic E-state index is 12.9. The van der Waals surface area contributed by atoms with Crippen molar-refractivity contribution in [2.45, 2.75) is 47.6 Å². The van der Waals surface area contributed by atoms with Gasteiger partial charge in [-0.3, -0.25) is 9.59 Å². The molecule has 0 unspecified atom stereocenters. The molecule has 1 amide bonds. The van der Waals surface area contributed by atoms with E-state index in [1.54, 1.807) is 13.0 Å². The van der Waals surface area contributed by atoms with Gasteiger partial charge in [0.1, 0.15) is 6.04 Å². The first-order chi connectivity index (χ1) is 13.7. The lowest BCUT2D eigenvalue weighted by atomic mass is 10.0. The Morgan fingerprint density at radius 2 is 1.55 bits per heavy atom. The van der Waals surface area contributed by atoms with Crippen molar-refractivity contribution in [1.82, 2.24) is 9.78 Å². The van der Waals surface area contributed by atoms with Crippen LogP contribution in [-0.4, -0.2) is 15.7 Å². The molecule has 3 rings (SSSR count). The van der Waals surface area contributed by atoms with Crippen molar-refractivity contribution in [3.05, 3.63) is 80.6 Å². The number of benzene rings is 2. The van der Waals surface area contributed by atoms with Gasteiger partial charge in [-0.15, -0.1) is 0 Å². The third kappa shape index (κ3) is 4.29. The molecule has 0 aliphatic heterocycles. The molecule has 0 bridgehead atoms. The van der Waals surface area contributed by atoms with Crippen molar-refractivity contribution in [1.29, 1.82) is 0 Å². The van der Waals surface area contributed by atoms with Gasteiger partial charge in [-0.25, -0.2) is 4.68 Å². The average Bonchev–Trinajstić information content (AvgIpc) is 2.66. The first kappa shape index (κ1) is 20.5. The monoisotopic (exact) mass is 389 g/mol. The number of aromatic nitrogens is 2. The Morgan fingerprint density at radius 1 is 0.897 bits per heavy atom. The number of hydrogen-bond donors (Lipinski definition) is 1. The van der Waals surface area contributed by atoms with Gasteiger partial charge in [0.25, 0.3) is 5.56 Å². The molecule has 1 aromatic heterocycles. The maximum Gasteiger partial charge on any atom is 0.267 e. The number of rotatable bonds is 4. The summed E-state index contributed by atoms with van der Waals surface area (Å²) in [5, 5.41) is 7.45. The van der Waals surface area contributed by atoms with E-state index in [-0.39, 0.29) is 11.5 Å². The number of carbonyl (C=O) groups excluding carboxylic acids is 1. The van der Waals surface area contributed by atoms with Gasteiger partial charge in [0, 0.05) is 17.3 Å². The second-order valence-corrected chi connectivity index (χ2v) is 7.74. The Labute approximate surface area is 171 Å². The summed E-state index contributed by atoms with van der Waals surface area (Å²) in [6, 6.07) is 12.5. The summed E-state index contributed by atoms with van der Waals surface area (Å²) in [6.45, 7) is 11.7. The van der Waals surface area contributed by atoms with E-state index >= 15 is 0 Å². The lowest BCUT2D eigenvalue weighted by Gasteiger charge is -2.18. The summed E-state index contributed by atoms with van der Waals surface area (Å²) >= 11 is 0. The highest BCUT2D eigenvalue weighted by Crippen LogP contribution is 2.23. The Balaban J connectivity index is 1.92. The fourth-order valence-corrected chi connectivity index (χ4v) is 3.47. The highest BCUT2D eigenvalue weighted by molar-refractivity contribution is 5.94. The van der Waals surface area contributed by atoms with Crippen LogP contribution in [0.4, 0.5) is 5.69 Å². The zero-order chi connectivity index (χ0) is 21.3. The molecule has 2 aromatic carbocycles. The fraction of sp³-hybridized carbons (Fsp3) is 0.292. The van der Waals surface area contributed by atoms with E-state index in [1.165, 1.54) is 16.3 Å². The lowest BCUT2D eigenvalue weighted by molar-refractivity contribution is -0.119. The summed E-state index contributed by atoms with van der Waals surface area (Å²) in [5.41, 5.74) is 7.53. The van der Waals surface area contributed by atoms with E-state index in [2.05, 4.69) is 17.3 Å². The van der Waals surface area contributed by atoms with Gasteiger partial charge in [-0.2, -0.15) is 5.10 Å². The van der Waals surface area contributed by atoms with Gasteiger partial charge in [-0.1, -0.05) is 29.8 Å². The molecule has 0 aliphatic carbocycles. The molecule has 0 aliphatic rings. The zero-order valence-electron chi connectivity index (χ0n) is 17.8. The predicted molar refractivity (Wildman–Crippen MR) is 117 cm³/mol. The van der Waals surface area contributed by atoms with E-state index in [4.69, 9.17) is 0 Å². The standard InChI is InChI=1S/C24H27N3O2/c1-14-11-17(4)23(18(5)12-14)25-24(29)19(6)27-22(28)10-9-21(26-27)20-8-7-15(2)16(3)13-20/h7-13,19H,1-6H3,(H,25,29)/t19-/m0/s1. The van der Waals surface area contributed by atoms with Crippen LogP contribution >= 0.6 is 0 Å². The van der Waals surface area contributed by atoms with E-state index in [1.807, 2.05) is 58.0 Å². The molecule has 0 saturated heterocycles. The lowest BCUT2D eigenvalue weighted by Crippen LogP contribution is -2.33. The van der Waals surface area contributed by atoms with Crippen molar-refractivity contribution in [2.75, 3.05) is 5.32 Å². The minimum absolute atomic E-state index is 0.271. The van der Waals surface area contributed by atoms with Crippen molar-refractivity contribution in [2.24, 2.45) is 0 Å². The molecule has 0 radical (unpaired) electrons. The zero-order valence-corrected chi connectivity index (χ0v) is 17.8. The van der Waals surface area contributed by atoms with Gasteiger partial charge < -0.3 is 5.32 Å². The number of aryl methyl sites for hydroxylation is 5. The summed E-state index contributed by atoms with van der Waals surface area (Å²) in [7, 11) is 0. The van der Waals surface area contributed by atoms with Crippen molar-refractivity contribution in [3.63, 3.8) is 0 Å². The molecule has 0 saturated carbocycles. The number of anilines is 1. The topological polar surface area (TPSA) is 64.0 Å². The Hall–Kier alpha value is -3.21. The summed E-state index contributed by atoms with van der Waals surface area (Å²) in [4.78, 5) is 25.3. The number of nitrogens with zero attached hydrogens (tertiary/aromatic N) is 2. The molecule has 1 atom stereocenters. The van der Waals surface area contributed by atoms with Crippen LogP contribution in [0.15, 0.2) is 47.3 Å². The second-order valence-electron chi connectivity index (χ2n) is 7.74. The summed E-state index contributed by atoms with van der Waals surface area (Å²) in [5.74, 6) is -0.271. The fourth-order valence-electron chi connectivity index (χ4n) is 3.47. The Morgan fingerprint density at radius 3 is 2.17 bits per heavy atom. The number of hydrogen-bond acceptors (Lipinski definition) is 3. The largest absolute Gasteiger partial charge is 0.324 e. The molecule has 3 aromatic rings. The van der Waals surface area contributed by atoms with Gasteiger partial charge in [-0.05, 0) is 75.9 Å². The normalized spacial score (nSPS) is 11.9. The molecule has 0 fully saturated rings. The predicted octanol–water partition coefficient (Wildman–Crippen LogP) is 4.65. The minimum Gasteiger partial charge on any atom is -0.324 e. The highest BCUT2D eigenvalue weighted by Gasteiger charge is 2.20. The number of nitrogens with one attached hydrogen (secondary N) is 1. The van der Waals surface area contributed by atoms with Crippen LogP contribution in [0.2, 0.25) is 0 Å². The van der Waals surface area contributed by atoms with E-state index in [0.29, 0.717) is 5.69 Å². The minimum atomic E-state index is -0.742. The third-order valence-electron chi connectivity index (χ3n) is 5.30. The van der Waals surface area contributed by atoms with E-state index in [0.717, 1.165) is 33.5 Å². The first-order valence-corrected chi connectivity index (χ1v) is 9.73. The van der Waals surface area contributed by atoms with Gasteiger partial charge in [0.15, 0.2) is 0 Å². The van der Waals surface area contributed by atoms with Crippen LogP contribution in [0.5, 0.6) is 0 Å². The maximum absolute atomic E-state index is 12.9. The summed E-state index contributed by atoms with van der Waals surface area (Å²) in [6.07, 6.45) is 0. The van der Waals surface area contributed by atoms with Crippen LogP contribution in [0.3, 0.4) is 0 Å². The van der Waals surface area contributed by atoms with Crippen LogP contribution in [0.25, 0.3) is 11.3 Å². The Kier molecular flexibility index (Phi) is 5.69. The third-order valence-corrected chi connectivity index (χ3v) is 5.30. The average molecular weight is 389 g/mol. The van der Waals surface area contributed by atoms with E-state index < -0.39 is 6.04 Å². The highest BCUT2D eigenvalue weighted by atomic mass is 16.2. The molecule has 0 spiro atoms. The molecule has 1 heterocycles. The molecule has 1 N–H and O–H groups in total. The quantitative estimate of drug-likeness (QED) is 0.706. The van der Waals surface area contributed by atoms with Gasteiger partial charge in [0.05, 0.1) is 5.69 Å². The van der Waals surface area contributed by atoms with Crippen LogP contribution < -0.4 is 10.9 Å². The van der Waals surface area contributed by atoms with Crippen molar-refractivity contribution >= 4 is 11.6 Å². The number of amides is 1. The molecular formula is C24H27N3O2. The van der Waals surface area contributed by atoms with Gasteiger partial charge in [0.2, 0.25) is 5.91 Å².